The van der Waals surface area contributed by atoms with E-state index in [0.717, 1.165) is 44.2 Å². The number of carbonyl (C=O) groups excluding carboxylic acids is 2. The van der Waals surface area contributed by atoms with Crippen LogP contribution in [-0.4, -0.2) is 42.8 Å². The van der Waals surface area contributed by atoms with Crippen LogP contribution in [0.2, 0.25) is 0 Å². The number of fused-ring (bicyclic) bond motifs is 3. The molecular weight excluding hydrogens is 456 g/mol. The zero-order valence-electron chi connectivity index (χ0n) is 20.9. The van der Waals surface area contributed by atoms with E-state index in [1.807, 2.05) is 0 Å². The first-order valence-corrected chi connectivity index (χ1v) is 12.6. The van der Waals surface area contributed by atoms with Gasteiger partial charge < -0.3 is 14.2 Å². The van der Waals surface area contributed by atoms with Crippen molar-refractivity contribution in [1.82, 2.24) is 4.90 Å². The molecule has 0 N–H and O–H groups in total. The Balaban J connectivity index is 1.36. The summed E-state index contributed by atoms with van der Waals surface area (Å²) in [7, 11) is 0. The predicted molar refractivity (Wildman–Crippen MR) is 123 cm³/mol. The van der Waals surface area contributed by atoms with E-state index in [2.05, 4.69) is 27.7 Å². The van der Waals surface area contributed by atoms with Crippen LogP contribution in [0.25, 0.3) is 0 Å². The molecule has 0 spiro atoms. The largest absolute Gasteiger partial charge is 0.439 e. The molecule has 2 saturated carbocycles. The highest BCUT2D eigenvalue weighted by molar-refractivity contribution is 5.97. The molecule has 0 aromatic heterocycles. The molecule has 4 aliphatic rings. The first kappa shape index (κ1) is 24.6. The zero-order valence-corrected chi connectivity index (χ0v) is 20.9. The molecule has 5 rings (SSSR count). The molecule has 192 valence electrons. The highest BCUT2D eigenvalue weighted by Crippen LogP contribution is 2.66. The predicted octanol–water partition coefficient (Wildman–Crippen LogP) is 5.61. The van der Waals surface area contributed by atoms with E-state index >= 15 is 0 Å². The summed E-state index contributed by atoms with van der Waals surface area (Å²) in [6.45, 7) is 9.87. The smallest absolute Gasteiger partial charge is 0.417 e. The molecule has 2 aliphatic heterocycles. The fourth-order valence-corrected chi connectivity index (χ4v) is 7.85. The van der Waals surface area contributed by atoms with Gasteiger partial charge in [-0.2, -0.15) is 0 Å². The molecule has 2 heterocycles. The van der Waals surface area contributed by atoms with Gasteiger partial charge in [0.15, 0.2) is 24.5 Å². The molecule has 8 heteroatoms. The molecule has 2 amide bonds. The van der Waals surface area contributed by atoms with Crippen LogP contribution in [0.3, 0.4) is 0 Å². The number of hydrogen-bond donors (Lipinski definition) is 0. The van der Waals surface area contributed by atoms with Crippen LogP contribution in [0, 0.1) is 39.7 Å². The van der Waals surface area contributed by atoms with Crippen molar-refractivity contribution in [3.8, 4) is 0 Å². The van der Waals surface area contributed by atoms with Crippen LogP contribution >= 0.6 is 0 Å². The van der Waals surface area contributed by atoms with E-state index in [1.165, 1.54) is 11.0 Å². The van der Waals surface area contributed by atoms with Gasteiger partial charge in [-0.25, -0.2) is 18.5 Å². The number of cyclic esters (lactones) is 1. The normalized spacial score (nSPS) is 38.6. The lowest BCUT2D eigenvalue weighted by atomic mass is 9.42. The number of nitrogens with zero attached hydrogens (tertiary/aromatic N) is 1. The first-order valence-electron chi connectivity index (χ1n) is 12.6. The summed E-state index contributed by atoms with van der Waals surface area (Å²) in [5.74, 6) is -1.42. The topological polar surface area (TPSA) is 65.1 Å². The minimum atomic E-state index is -0.906. The number of amides is 2. The quantitative estimate of drug-likeness (QED) is 0.548. The van der Waals surface area contributed by atoms with E-state index in [-0.39, 0.29) is 34.9 Å². The summed E-state index contributed by atoms with van der Waals surface area (Å²) in [4.78, 5) is 25.4. The molecule has 2 saturated heterocycles. The average molecular weight is 492 g/mol. The molecule has 1 unspecified atom stereocenters. The lowest BCUT2D eigenvalue weighted by Crippen LogP contribution is -2.62. The number of ether oxygens (including phenoxy) is 3. The number of benzene rings is 1. The third-order valence-electron chi connectivity index (χ3n) is 9.62. The van der Waals surface area contributed by atoms with Crippen LogP contribution < -0.4 is 0 Å². The second kappa shape index (κ2) is 8.51. The molecule has 0 radical (unpaired) electrons. The number of imide groups is 1. The van der Waals surface area contributed by atoms with Gasteiger partial charge in [-0.3, -0.25) is 4.79 Å². The summed E-state index contributed by atoms with van der Waals surface area (Å²) in [6, 6.07) is 3.78. The standard InChI is InChI=1S/C27H35F2NO5/c1-25(2)10-7-20-26(3,19(25)9-12-30-22(31)14-33-24(30)32)11-8-21-27(20,4)15-34-23(35-21)16-5-6-17(28)18(29)13-16/h5-6,13,19-21,23H,7-12,14-15H2,1-4H3/t19-,20?,21-,23-,26+,27+/m1/s1. The van der Waals surface area contributed by atoms with Crippen molar-refractivity contribution in [2.75, 3.05) is 19.8 Å². The number of hydrogen-bond acceptors (Lipinski definition) is 5. The minimum Gasteiger partial charge on any atom is -0.439 e. The van der Waals surface area contributed by atoms with Gasteiger partial charge in [0.25, 0.3) is 5.91 Å². The van der Waals surface area contributed by atoms with Crippen LogP contribution in [0.4, 0.5) is 13.6 Å². The second-order valence-electron chi connectivity index (χ2n) is 12.0. The minimum absolute atomic E-state index is 0.0127. The third kappa shape index (κ3) is 3.97. The van der Waals surface area contributed by atoms with Crippen molar-refractivity contribution in [1.29, 1.82) is 0 Å². The highest BCUT2D eigenvalue weighted by Gasteiger charge is 2.62. The van der Waals surface area contributed by atoms with Crippen molar-refractivity contribution < 1.29 is 32.6 Å². The SMILES string of the molecule is CC1(C)CCC2[C@]3(C)CO[C@@H](c4ccc(F)c(F)c4)O[C@@H]3CC[C@@]2(C)[C@@H]1CCN1C(=O)COC1=O. The zero-order chi connectivity index (χ0) is 25.2. The summed E-state index contributed by atoms with van der Waals surface area (Å²) in [5, 5.41) is 0. The van der Waals surface area contributed by atoms with Gasteiger partial charge in [-0.15, -0.1) is 0 Å². The van der Waals surface area contributed by atoms with Crippen molar-refractivity contribution in [3.05, 3.63) is 35.4 Å². The summed E-state index contributed by atoms with van der Waals surface area (Å²) in [6.07, 6.45) is 3.30. The molecule has 4 fully saturated rings. The van der Waals surface area contributed by atoms with Gasteiger partial charge in [0, 0.05) is 17.5 Å². The monoisotopic (exact) mass is 491 g/mol. The Labute approximate surface area is 205 Å². The number of halogens is 2. The molecule has 6 nitrogen and oxygen atoms in total. The molecule has 0 bridgehead atoms. The Morgan fingerprint density at radius 3 is 2.49 bits per heavy atom. The maximum Gasteiger partial charge on any atom is 0.417 e. The van der Waals surface area contributed by atoms with Crippen molar-refractivity contribution >= 4 is 12.0 Å². The first-order chi connectivity index (χ1) is 16.5. The Kier molecular flexibility index (Phi) is 5.99. The Morgan fingerprint density at radius 1 is 1.03 bits per heavy atom. The fraction of sp³-hybridized carbons (Fsp3) is 0.704. The Hall–Kier alpha value is -2.06. The number of rotatable bonds is 4. The average Bonchev–Trinajstić information content (AvgIpc) is 3.11. The fourth-order valence-electron chi connectivity index (χ4n) is 7.85. The van der Waals surface area contributed by atoms with E-state index < -0.39 is 24.0 Å². The summed E-state index contributed by atoms with van der Waals surface area (Å²) in [5.41, 5.74) is 0.315. The van der Waals surface area contributed by atoms with Gasteiger partial charge >= 0.3 is 6.09 Å². The second-order valence-corrected chi connectivity index (χ2v) is 12.0. The lowest BCUT2D eigenvalue weighted by Gasteiger charge is -2.65. The van der Waals surface area contributed by atoms with Crippen LogP contribution in [-0.2, 0) is 19.0 Å². The van der Waals surface area contributed by atoms with E-state index in [1.54, 1.807) is 0 Å². The number of carbonyl (C=O) groups is 2. The molecule has 1 aromatic carbocycles. The Bertz CT molecular complexity index is 1010. The van der Waals surface area contributed by atoms with Gasteiger partial charge in [0.2, 0.25) is 0 Å². The van der Waals surface area contributed by atoms with E-state index in [9.17, 15) is 18.4 Å². The van der Waals surface area contributed by atoms with E-state index in [4.69, 9.17) is 14.2 Å². The van der Waals surface area contributed by atoms with Gasteiger partial charge in [-0.05, 0) is 66.9 Å². The maximum absolute atomic E-state index is 13.8. The van der Waals surface area contributed by atoms with Gasteiger partial charge in [-0.1, -0.05) is 33.8 Å². The molecule has 2 aliphatic carbocycles. The maximum atomic E-state index is 13.8. The molecule has 35 heavy (non-hydrogen) atoms. The molecule has 6 atom stereocenters. The van der Waals surface area contributed by atoms with Crippen molar-refractivity contribution in [2.45, 2.75) is 72.2 Å². The van der Waals surface area contributed by atoms with Crippen molar-refractivity contribution in [3.63, 3.8) is 0 Å². The third-order valence-corrected chi connectivity index (χ3v) is 9.62. The molecule has 1 aromatic rings. The lowest BCUT2D eigenvalue weighted by molar-refractivity contribution is -0.314. The van der Waals surface area contributed by atoms with Crippen LogP contribution in [0.1, 0.15) is 71.7 Å². The van der Waals surface area contributed by atoms with E-state index in [0.29, 0.717) is 30.6 Å². The Morgan fingerprint density at radius 2 is 1.80 bits per heavy atom. The van der Waals surface area contributed by atoms with Crippen LogP contribution in [0.5, 0.6) is 0 Å². The highest BCUT2D eigenvalue weighted by atomic mass is 19.2. The van der Waals surface area contributed by atoms with Gasteiger partial charge in [0.1, 0.15) is 0 Å². The van der Waals surface area contributed by atoms with Gasteiger partial charge in [0.05, 0.1) is 12.7 Å². The summed E-state index contributed by atoms with van der Waals surface area (Å²) >= 11 is 0. The van der Waals surface area contributed by atoms with Crippen molar-refractivity contribution in [2.24, 2.45) is 28.1 Å². The van der Waals surface area contributed by atoms with Crippen LogP contribution in [0.15, 0.2) is 18.2 Å². The molecular formula is C27H35F2NO5. The summed E-state index contributed by atoms with van der Waals surface area (Å²) < 4.78 is 44.7.